The highest BCUT2D eigenvalue weighted by Crippen LogP contribution is 2.13. The number of aliphatic hydroxyl groups excluding tert-OH is 1. The molecular formula is C11H20N2O2S. The molecule has 1 rings (SSSR count). The lowest BCUT2D eigenvalue weighted by Gasteiger charge is -2.29. The van der Waals surface area contributed by atoms with E-state index < -0.39 is 6.10 Å². The Morgan fingerprint density at radius 1 is 1.62 bits per heavy atom. The van der Waals surface area contributed by atoms with Crippen LogP contribution >= 0.6 is 11.3 Å². The summed E-state index contributed by atoms with van der Waals surface area (Å²) < 4.78 is 5.01. The Morgan fingerprint density at radius 3 is 2.88 bits per heavy atom. The van der Waals surface area contributed by atoms with Crippen molar-refractivity contribution in [2.45, 2.75) is 45.6 Å². The molecule has 1 aromatic rings. The molecule has 1 aromatic heterocycles. The van der Waals surface area contributed by atoms with E-state index in [4.69, 9.17) is 4.74 Å². The molecule has 5 heteroatoms. The number of rotatable bonds is 6. The topological polar surface area (TPSA) is 54.4 Å². The number of hydrogen-bond donors (Lipinski definition) is 2. The normalized spacial score (nSPS) is 14.1. The van der Waals surface area contributed by atoms with E-state index >= 15 is 0 Å². The maximum atomic E-state index is 9.55. The molecule has 16 heavy (non-hydrogen) atoms. The van der Waals surface area contributed by atoms with Gasteiger partial charge in [-0.05, 0) is 20.8 Å². The van der Waals surface area contributed by atoms with Crippen molar-refractivity contribution >= 4 is 11.3 Å². The van der Waals surface area contributed by atoms with Crippen LogP contribution in [0.2, 0.25) is 0 Å². The Morgan fingerprint density at radius 2 is 2.31 bits per heavy atom. The van der Waals surface area contributed by atoms with Crippen LogP contribution in [-0.2, 0) is 17.9 Å². The highest BCUT2D eigenvalue weighted by molar-refractivity contribution is 7.09. The van der Waals surface area contributed by atoms with Gasteiger partial charge >= 0.3 is 0 Å². The molecule has 92 valence electrons. The maximum Gasteiger partial charge on any atom is 0.119 e. The second-order valence-corrected chi connectivity index (χ2v) is 5.36. The molecule has 0 saturated carbocycles. The molecule has 1 atom stereocenters. The molecule has 4 nitrogen and oxygen atoms in total. The van der Waals surface area contributed by atoms with E-state index in [1.165, 1.54) is 0 Å². The molecule has 1 heterocycles. The third-order valence-corrected chi connectivity index (χ3v) is 3.51. The molecule has 2 N–H and O–H groups in total. The van der Waals surface area contributed by atoms with E-state index in [1.54, 1.807) is 25.4 Å². The molecule has 0 spiro atoms. The Kier molecular flexibility index (Phi) is 4.86. The molecule has 0 aliphatic rings. The Bertz CT molecular complexity index is 324. The van der Waals surface area contributed by atoms with Crippen molar-refractivity contribution in [2.24, 2.45) is 0 Å². The minimum absolute atomic E-state index is 0.301. The molecule has 0 amide bonds. The number of ether oxygens (including phenoxy) is 1. The maximum absolute atomic E-state index is 9.55. The van der Waals surface area contributed by atoms with Gasteiger partial charge in [0.25, 0.3) is 0 Å². The van der Waals surface area contributed by atoms with E-state index in [-0.39, 0.29) is 5.54 Å². The predicted molar refractivity (Wildman–Crippen MR) is 65.4 cm³/mol. The van der Waals surface area contributed by atoms with Gasteiger partial charge in [-0.3, -0.25) is 0 Å². The smallest absolute Gasteiger partial charge is 0.119 e. The number of nitrogens with zero attached hydrogens (tertiary/aromatic N) is 1. The SMILES string of the molecule is COCc1nc(CNC(C)(C)C(C)O)cs1. The van der Waals surface area contributed by atoms with Crippen molar-refractivity contribution in [3.63, 3.8) is 0 Å². The highest BCUT2D eigenvalue weighted by atomic mass is 32.1. The monoisotopic (exact) mass is 244 g/mol. The first-order chi connectivity index (χ1) is 7.45. The Hall–Kier alpha value is -0.490. The van der Waals surface area contributed by atoms with Crippen LogP contribution in [0.1, 0.15) is 31.5 Å². The van der Waals surface area contributed by atoms with Gasteiger partial charge in [0.15, 0.2) is 0 Å². The number of methoxy groups -OCH3 is 1. The van der Waals surface area contributed by atoms with Crippen LogP contribution in [0.4, 0.5) is 0 Å². The molecule has 0 radical (unpaired) electrons. The first-order valence-corrected chi connectivity index (χ1v) is 6.19. The average Bonchev–Trinajstić information content (AvgIpc) is 2.63. The van der Waals surface area contributed by atoms with Crippen LogP contribution in [-0.4, -0.2) is 28.8 Å². The lowest BCUT2D eigenvalue weighted by molar-refractivity contribution is 0.0954. The van der Waals surface area contributed by atoms with Crippen molar-refractivity contribution < 1.29 is 9.84 Å². The van der Waals surface area contributed by atoms with Crippen molar-refractivity contribution in [1.29, 1.82) is 0 Å². The summed E-state index contributed by atoms with van der Waals surface area (Å²) in [6.07, 6.45) is -0.399. The summed E-state index contributed by atoms with van der Waals surface area (Å²) in [6.45, 7) is 6.95. The van der Waals surface area contributed by atoms with Gasteiger partial charge in [0, 0.05) is 24.6 Å². The average molecular weight is 244 g/mol. The van der Waals surface area contributed by atoms with Crippen LogP contribution in [0, 0.1) is 0 Å². The molecule has 0 aromatic carbocycles. The molecule has 1 unspecified atom stereocenters. The third-order valence-electron chi connectivity index (χ3n) is 2.64. The van der Waals surface area contributed by atoms with Crippen molar-refractivity contribution in [1.82, 2.24) is 10.3 Å². The minimum Gasteiger partial charge on any atom is -0.392 e. The van der Waals surface area contributed by atoms with Crippen molar-refractivity contribution in [2.75, 3.05) is 7.11 Å². The van der Waals surface area contributed by atoms with E-state index in [0.717, 1.165) is 10.7 Å². The molecular weight excluding hydrogens is 224 g/mol. The van der Waals surface area contributed by atoms with Gasteiger partial charge in [-0.1, -0.05) is 0 Å². The second-order valence-electron chi connectivity index (χ2n) is 4.42. The zero-order chi connectivity index (χ0) is 12.2. The number of hydrogen-bond acceptors (Lipinski definition) is 5. The largest absolute Gasteiger partial charge is 0.392 e. The Labute approximate surface area is 101 Å². The minimum atomic E-state index is -0.399. The molecule has 0 bridgehead atoms. The number of aliphatic hydroxyl groups is 1. The number of nitrogens with one attached hydrogen (secondary N) is 1. The number of aromatic nitrogens is 1. The first-order valence-electron chi connectivity index (χ1n) is 5.31. The summed E-state index contributed by atoms with van der Waals surface area (Å²) in [5, 5.41) is 15.8. The standard InChI is InChI=1S/C11H20N2O2S/c1-8(14)11(2,3)12-5-9-7-16-10(13-9)6-15-4/h7-8,12,14H,5-6H2,1-4H3. The van der Waals surface area contributed by atoms with E-state index in [1.807, 2.05) is 19.2 Å². The van der Waals surface area contributed by atoms with Gasteiger partial charge in [0.1, 0.15) is 5.01 Å². The summed E-state index contributed by atoms with van der Waals surface area (Å²) in [7, 11) is 1.66. The third kappa shape index (κ3) is 3.83. The zero-order valence-electron chi connectivity index (χ0n) is 10.3. The summed E-state index contributed by atoms with van der Waals surface area (Å²) in [4.78, 5) is 4.41. The molecule has 0 aliphatic carbocycles. The highest BCUT2D eigenvalue weighted by Gasteiger charge is 2.23. The van der Waals surface area contributed by atoms with Gasteiger partial charge in [-0.25, -0.2) is 4.98 Å². The van der Waals surface area contributed by atoms with E-state index in [2.05, 4.69) is 10.3 Å². The van der Waals surface area contributed by atoms with Crippen LogP contribution < -0.4 is 5.32 Å². The Balaban J connectivity index is 2.48. The quantitative estimate of drug-likeness (QED) is 0.797. The van der Waals surface area contributed by atoms with Crippen LogP contribution in [0.15, 0.2) is 5.38 Å². The van der Waals surface area contributed by atoms with Gasteiger partial charge in [0.2, 0.25) is 0 Å². The van der Waals surface area contributed by atoms with E-state index in [0.29, 0.717) is 13.2 Å². The van der Waals surface area contributed by atoms with Gasteiger partial charge < -0.3 is 15.2 Å². The van der Waals surface area contributed by atoms with Gasteiger partial charge in [-0.15, -0.1) is 11.3 Å². The number of thiazole rings is 1. The predicted octanol–water partition coefficient (Wildman–Crippen LogP) is 1.54. The lowest BCUT2D eigenvalue weighted by Crippen LogP contribution is -2.47. The fraction of sp³-hybridized carbons (Fsp3) is 0.727. The summed E-state index contributed by atoms with van der Waals surface area (Å²) in [6, 6.07) is 0. The summed E-state index contributed by atoms with van der Waals surface area (Å²) >= 11 is 1.59. The zero-order valence-corrected chi connectivity index (χ0v) is 11.1. The molecule has 0 aliphatic heterocycles. The fourth-order valence-corrected chi connectivity index (χ4v) is 1.85. The summed E-state index contributed by atoms with van der Waals surface area (Å²) in [5.41, 5.74) is 0.691. The van der Waals surface area contributed by atoms with E-state index in [9.17, 15) is 5.11 Å². The fourth-order valence-electron chi connectivity index (χ4n) is 1.09. The van der Waals surface area contributed by atoms with Crippen LogP contribution in [0.25, 0.3) is 0 Å². The second kappa shape index (κ2) is 5.72. The molecule has 0 saturated heterocycles. The van der Waals surface area contributed by atoms with Crippen molar-refractivity contribution in [3.8, 4) is 0 Å². The van der Waals surface area contributed by atoms with Gasteiger partial charge in [-0.2, -0.15) is 0 Å². The summed E-state index contributed by atoms with van der Waals surface area (Å²) in [5.74, 6) is 0. The van der Waals surface area contributed by atoms with Gasteiger partial charge in [0.05, 0.1) is 18.4 Å². The van der Waals surface area contributed by atoms with Crippen molar-refractivity contribution in [3.05, 3.63) is 16.1 Å². The first kappa shape index (κ1) is 13.6. The van der Waals surface area contributed by atoms with Crippen LogP contribution in [0.3, 0.4) is 0 Å². The lowest BCUT2D eigenvalue weighted by atomic mass is 9.99. The molecule has 0 fully saturated rings. The van der Waals surface area contributed by atoms with Crippen LogP contribution in [0.5, 0.6) is 0 Å².